The van der Waals surface area contributed by atoms with Gasteiger partial charge in [-0.2, -0.15) is 0 Å². The van der Waals surface area contributed by atoms with Gasteiger partial charge in [0.25, 0.3) is 5.88 Å². The van der Waals surface area contributed by atoms with Gasteiger partial charge in [0.05, 0.1) is 0 Å². The lowest BCUT2D eigenvalue weighted by atomic mass is 10.5. The highest BCUT2D eigenvalue weighted by molar-refractivity contribution is 6.30. The van der Waals surface area contributed by atoms with E-state index in [1.165, 1.54) is 12.4 Å². The standard InChI is InChI=1S/C8H7ClN2O/c1-2-3-6-12-8-7(9)10-4-5-11-8/h1,4-5H,3,6H2. The minimum Gasteiger partial charge on any atom is -0.474 e. The third-order valence-corrected chi connectivity index (χ3v) is 1.37. The maximum Gasteiger partial charge on any atom is 0.252 e. The third-order valence-electron chi connectivity index (χ3n) is 1.11. The van der Waals surface area contributed by atoms with Gasteiger partial charge in [-0.3, -0.25) is 0 Å². The molecule has 0 aliphatic rings. The van der Waals surface area contributed by atoms with Gasteiger partial charge in [0.2, 0.25) is 0 Å². The molecule has 0 aromatic carbocycles. The fraction of sp³-hybridized carbons (Fsp3) is 0.250. The van der Waals surface area contributed by atoms with Crippen LogP contribution in [0.2, 0.25) is 5.15 Å². The fourth-order valence-electron chi connectivity index (χ4n) is 0.612. The van der Waals surface area contributed by atoms with Crippen LogP contribution in [-0.2, 0) is 0 Å². The third kappa shape index (κ3) is 2.40. The van der Waals surface area contributed by atoms with Crippen molar-refractivity contribution in [3.63, 3.8) is 0 Å². The Bertz CT molecular complexity index is 295. The first-order valence-electron chi connectivity index (χ1n) is 3.37. The van der Waals surface area contributed by atoms with Crippen molar-refractivity contribution in [1.82, 2.24) is 9.97 Å². The Balaban J connectivity index is 2.53. The molecule has 0 atom stereocenters. The highest BCUT2D eigenvalue weighted by Crippen LogP contribution is 2.16. The van der Waals surface area contributed by atoms with Crippen LogP contribution in [0.25, 0.3) is 0 Å². The smallest absolute Gasteiger partial charge is 0.252 e. The molecule has 1 heterocycles. The lowest BCUT2D eigenvalue weighted by molar-refractivity contribution is 0.313. The molecule has 0 saturated heterocycles. The maximum absolute atomic E-state index is 5.65. The zero-order chi connectivity index (χ0) is 8.81. The van der Waals surface area contributed by atoms with Crippen LogP contribution in [0.15, 0.2) is 12.4 Å². The van der Waals surface area contributed by atoms with Crippen molar-refractivity contribution in [1.29, 1.82) is 0 Å². The summed E-state index contributed by atoms with van der Waals surface area (Å²) in [5.41, 5.74) is 0. The Morgan fingerprint density at radius 2 is 2.25 bits per heavy atom. The second-order valence-electron chi connectivity index (χ2n) is 1.95. The van der Waals surface area contributed by atoms with Crippen LogP contribution >= 0.6 is 11.6 Å². The summed E-state index contributed by atoms with van der Waals surface area (Å²) in [6, 6.07) is 0. The average Bonchev–Trinajstić information content (AvgIpc) is 2.09. The number of rotatable bonds is 3. The van der Waals surface area contributed by atoms with E-state index < -0.39 is 0 Å². The monoisotopic (exact) mass is 182 g/mol. The number of ether oxygens (including phenoxy) is 1. The Labute approximate surface area is 75.7 Å². The molecule has 0 bridgehead atoms. The van der Waals surface area contributed by atoms with E-state index in [4.69, 9.17) is 22.8 Å². The molecule has 4 heteroatoms. The van der Waals surface area contributed by atoms with Crippen molar-refractivity contribution in [3.8, 4) is 18.2 Å². The van der Waals surface area contributed by atoms with E-state index >= 15 is 0 Å². The normalized spacial score (nSPS) is 9.00. The Morgan fingerprint density at radius 1 is 1.50 bits per heavy atom. The minimum atomic E-state index is 0.259. The summed E-state index contributed by atoms with van der Waals surface area (Å²) < 4.78 is 5.13. The van der Waals surface area contributed by atoms with E-state index in [2.05, 4.69) is 15.9 Å². The van der Waals surface area contributed by atoms with Crippen LogP contribution in [-0.4, -0.2) is 16.6 Å². The number of hydrogen-bond acceptors (Lipinski definition) is 3. The molecule has 12 heavy (non-hydrogen) atoms. The molecular formula is C8H7ClN2O. The van der Waals surface area contributed by atoms with Gasteiger partial charge in [-0.05, 0) is 0 Å². The van der Waals surface area contributed by atoms with Gasteiger partial charge < -0.3 is 4.74 Å². The molecule has 0 N–H and O–H groups in total. The van der Waals surface area contributed by atoms with Gasteiger partial charge in [0.1, 0.15) is 6.61 Å². The molecule has 0 amide bonds. The minimum absolute atomic E-state index is 0.259. The molecule has 0 fully saturated rings. The zero-order valence-electron chi connectivity index (χ0n) is 6.33. The first-order valence-corrected chi connectivity index (χ1v) is 3.75. The Kier molecular flexibility index (Phi) is 3.36. The van der Waals surface area contributed by atoms with Crippen LogP contribution in [0.5, 0.6) is 5.88 Å². The quantitative estimate of drug-likeness (QED) is 0.525. The lowest BCUT2D eigenvalue weighted by Gasteiger charge is -2.02. The van der Waals surface area contributed by atoms with E-state index in [1.807, 2.05) is 0 Å². The molecule has 0 radical (unpaired) electrons. The summed E-state index contributed by atoms with van der Waals surface area (Å²) >= 11 is 5.65. The molecule has 0 spiro atoms. The molecule has 62 valence electrons. The number of terminal acetylenes is 1. The summed E-state index contributed by atoms with van der Waals surface area (Å²) in [6.07, 6.45) is 8.57. The van der Waals surface area contributed by atoms with Gasteiger partial charge >= 0.3 is 0 Å². The topological polar surface area (TPSA) is 35.0 Å². The van der Waals surface area contributed by atoms with Crippen molar-refractivity contribution in [3.05, 3.63) is 17.5 Å². The molecule has 3 nitrogen and oxygen atoms in total. The second kappa shape index (κ2) is 4.58. The van der Waals surface area contributed by atoms with Gasteiger partial charge in [-0.25, -0.2) is 9.97 Å². The maximum atomic E-state index is 5.65. The fourth-order valence-corrected chi connectivity index (χ4v) is 0.771. The first-order chi connectivity index (χ1) is 5.84. The van der Waals surface area contributed by atoms with Crippen LogP contribution in [0.4, 0.5) is 0 Å². The number of aromatic nitrogens is 2. The molecule has 0 aliphatic carbocycles. The zero-order valence-corrected chi connectivity index (χ0v) is 7.08. The van der Waals surface area contributed by atoms with Gasteiger partial charge in [-0.15, -0.1) is 12.3 Å². The number of halogens is 1. The SMILES string of the molecule is C#CCCOc1nccnc1Cl. The van der Waals surface area contributed by atoms with E-state index in [0.717, 1.165) is 0 Å². The number of hydrogen-bond donors (Lipinski definition) is 0. The highest BCUT2D eigenvalue weighted by atomic mass is 35.5. The predicted octanol–water partition coefficient (Wildman–Crippen LogP) is 1.53. The van der Waals surface area contributed by atoms with E-state index in [9.17, 15) is 0 Å². The largest absolute Gasteiger partial charge is 0.474 e. The van der Waals surface area contributed by atoms with Gasteiger partial charge in [-0.1, -0.05) is 11.6 Å². The molecule has 0 unspecified atom stereocenters. The summed E-state index contributed by atoms with van der Waals surface area (Å²) in [7, 11) is 0. The molecule has 1 aromatic heterocycles. The van der Waals surface area contributed by atoms with Crippen molar-refractivity contribution in [2.45, 2.75) is 6.42 Å². The van der Waals surface area contributed by atoms with Crippen molar-refractivity contribution in [2.75, 3.05) is 6.61 Å². The van der Waals surface area contributed by atoms with Crippen molar-refractivity contribution >= 4 is 11.6 Å². The van der Waals surface area contributed by atoms with Gasteiger partial charge in [0, 0.05) is 18.8 Å². The number of nitrogens with zero attached hydrogens (tertiary/aromatic N) is 2. The van der Waals surface area contributed by atoms with Crippen LogP contribution < -0.4 is 4.74 Å². The molecule has 1 rings (SSSR count). The highest BCUT2D eigenvalue weighted by Gasteiger charge is 2.00. The first kappa shape index (κ1) is 8.82. The van der Waals surface area contributed by atoms with E-state index in [1.54, 1.807) is 0 Å². The van der Waals surface area contributed by atoms with E-state index in [-0.39, 0.29) is 5.15 Å². The average molecular weight is 183 g/mol. The molecular weight excluding hydrogens is 176 g/mol. The molecule has 0 aliphatic heterocycles. The summed E-state index contributed by atoms with van der Waals surface area (Å²) in [4.78, 5) is 7.65. The summed E-state index contributed by atoms with van der Waals surface area (Å²) in [5.74, 6) is 2.77. The van der Waals surface area contributed by atoms with Crippen LogP contribution in [0, 0.1) is 12.3 Å². The second-order valence-corrected chi connectivity index (χ2v) is 2.31. The van der Waals surface area contributed by atoms with Crippen molar-refractivity contribution < 1.29 is 4.74 Å². The van der Waals surface area contributed by atoms with Gasteiger partial charge in [0.15, 0.2) is 5.15 Å². The Hall–Kier alpha value is -1.27. The lowest BCUT2D eigenvalue weighted by Crippen LogP contribution is -1.98. The van der Waals surface area contributed by atoms with Crippen LogP contribution in [0.3, 0.4) is 0 Å². The van der Waals surface area contributed by atoms with E-state index in [0.29, 0.717) is 18.9 Å². The molecule has 0 saturated carbocycles. The molecule has 1 aromatic rings. The van der Waals surface area contributed by atoms with Crippen molar-refractivity contribution in [2.24, 2.45) is 0 Å². The van der Waals surface area contributed by atoms with Crippen LogP contribution in [0.1, 0.15) is 6.42 Å². The Morgan fingerprint density at radius 3 is 2.92 bits per heavy atom. The predicted molar refractivity (Wildman–Crippen MR) is 46.0 cm³/mol. The summed E-state index contributed by atoms with van der Waals surface area (Å²) in [5, 5.41) is 0.259. The summed E-state index contributed by atoms with van der Waals surface area (Å²) in [6.45, 7) is 0.412.